The van der Waals surface area contributed by atoms with Gasteiger partial charge in [-0.05, 0) is 49.6 Å². The Kier molecular flexibility index (Phi) is 5.48. The van der Waals surface area contributed by atoms with Gasteiger partial charge in [-0.2, -0.15) is 0 Å². The Labute approximate surface area is 158 Å². The molecule has 1 fully saturated rings. The third kappa shape index (κ3) is 4.64. The summed E-state index contributed by atoms with van der Waals surface area (Å²) < 4.78 is 36.7. The second kappa shape index (κ2) is 7.66. The Balaban J connectivity index is 1.61. The Morgan fingerprint density at radius 3 is 2.63 bits per heavy atom. The quantitative estimate of drug-likeness (QED) is 0.816. The molecule has 1 amide bonds. The van der Waals surface area contributed by atoms with Gasteiger partial charge in [0.2, 0.25) is 10.0 Å². The molecular formula is C19H22FN3O3S. The maximum atomic E-state index is 13.9. The molecule has 3 N–H and O–H groups in total. The molecule has 1 heterocycles. The molecule has 0 radical (unpaired) electrons. The van der Waals surface area contributed by atoms with Crippen LogP contribution < -0.4 is 15.4 Å². The number of aryl methyl sites for hydroxylation is 1. The summed E-state index contributed by atoms with van der Waals surface area (Å²) in [6, 6.07) is 11.2. The second-order valence-corrected chi connectivity index (χ2v) is 8.39. The molecule has 0 aliphatic carbocycles. The summed E-state index contributed by atoms with van der Waals surface area (Å²) in [5.41, 5.74) is 2.02. The number of nitrogens with one attached hydrogen (secondary N) is 1. The molecule has 2 aromatic rings. The van der Waals surface area contributed by atoms with Crippen molar-refractivity contribution in [2.75, 3.05) is 24.5 Å². The summed E-state index contributed by atoms with van der Waals surface area (Å²) in [5.74, 6) is -1.20. The van der Waals surface area contributed by atoms with Crippen molar-refractivity contribution in [3.63, 3.8) is 0 Å². The van der Waals surface area contributed by atoms with Crippen molar-refractivity contribution >= 4 is 21.6 Å². The third-order valence-corrected chi connectivity index (χ3v) is 5.66. The van der Waals surface area contributed by atoms with E-state index < -0.39 is 21.7 Å². The van der Waals surface area contributed by atoms with Crippen LogP contribution >= 0.6 is 0 Å². The van der Waals surface area contributed by atoms with E-state index in [0.717, 1.165) is 43.4 Å². The van der Waals surface area contributed by atoms with Crippen LogP contribution in [0.5, 0.6) is 0 Å². The zero-order valence-corrected chi connectivity index (χ0v) is 15.8. The highest BCUT2D eigenvalue weighted by molar-refractivity contribution is 7.89. The Hall–Kier alpha value is -2.45. The van der Waals surface area contributed by atoms with Crippen molar-refractivity contribution in [3.8, 4) is 0 Å². The first-order valence-electron chi connectivity index (χ1n) is 8.66. The summed E-state index contributed by atoms with van der Waals surface area (Å²) in [6.45, 7) is 4.11. The van der Waals surface area contributed by atoms with Gasteiger partial charge in [-0.25, -0.2) is 17.9 Å². The SMILES string of the molecule is Cc1ccc(N2CC[C@H](CNC(=O)c3cc(S(N)(=O)=O)ccc3F)C2)cc1. The number of amides is 1. The molecule has 0 unspecified atom stereocenters. The number of hydrogen-bond acceptors (Lipinski definition) is 4. The summed E-state index contributed by atoms with van der Waals surface area (Å²) >= 11 is 0. The zero-order valence-electron chi connectivity index (χ0n) is 15.0. The topological polar surface area (TPSA) is 92.5 Å². The number of halogens is 1. The van der Waals surface area contributed by atoms with E-state index in [1.807, 2.05) is 6.92 Å². The lowest BCUT2D eigenvalue weighted by Gasteiger charge is -2.19. The van der Waals surface area contributed by atoms with Gasteiger partial charge < -0.3 is 10.2 Å². The minimum atomic E-state index is -4.00. The van der Waals surface area contributed by atoms with Crippen LogP contribution in [0.25, 0.3) is 0 Å². The Morgan fingerprint density at radius 1 is 1.26 bits per heavy atom. The number of rotatable bonds is 5. The molecule has 0 aromatic heterocycles. The first-order chi connectivity index (χ1) is 12.7. The van der Waals surface area contributed by atoms with Gasteiger partial charge in [0.1, 0.15) is 5.82 Å². The van der Waals surface area contributed by atoms with Crippen molar-refractivity contribution < 1.29 is 17.6 Å². The van der Waals surface area contributed by atoms with Gasteiger partial charge in [0.15, 0.2) is 0 Å². The molecule has 144 valence electrons. The molecule has 3 rings (SSSR count). The average Bonchev–Trinajstić information content (AvgIpc) is 3.08. The van der Waals surface area contributed by atoms with Gasteiger partial charge in [0, 0.05) is 25.3 Å². The van der Waals surface area contributed by atoms with E-state index >= 15 is 0 Å². The highest BCUT2D eigenvalue weighted by atomic mass is 32.2. The van der Waals surface area contributed by atoms with E-state index in [9.17, 15) is 17.6 Å². The van der Waals surface area contributed by atoms with E-state index in [4.69, 9.17) is 5.14 Å². The number of nitrogens with zero attached hydrogens (tertiary/aromatic N) is 1. The van der Waals surface area contributed by atoms with Crippen LogP contribution in [0, 0.1) is 18.7 Å². The number of anilines is 1. The molecule has 0 spiro atoms. The van der Waals surface area contributed by atoms with Gasteiger partial charge in [0.05, 0.1) is 10.5 Å². The Bertz CT molecular complexity index is 945. The number of benzene rings is 2. The van der Waals surface area contributed by atoms with Crippen molar-refractivity contribution in [2.24, 2.45) is 11.1 Å². The van der Waals surface area contributed by atoms with E-state index in [1.165, 1.54) is 5.56 Å². The monoisotopic (exact) mass is 391 g/mol. The number of nitrogens with two attached hydrogens (primary N) is 1. The first-order valence-corrected chi connectivity index (χ1v) is 10.2. The average molecular weight is 391 g/mol. The highest BCUT2D eigenvalue weighted by Gasteiger charge is 2.24. The number of hydrogen-bond donors (Lipinski definition) is 2. The van der Waals surface area contributed by atoms with Crippen LogP contribution in [0.4, 0.5) is 10.1 Å². The van der Waals surface area contributed by atoms with Gasteiger partial charge in [-0.1, -0.05) is 17.7 Å². The predicted octanol–water partition coefficient (Wildman–Crippen LogP) is 2.04. The van der Waals surface area contributed by atoms with Crippen LogP contribution in [-0.2, 0) is 10.0 Å². The van der Waals surface area contributed by atoms with Crippen LogP contribution in [-0.4, -0.2) is 34.0 Å². The summed E-state index contributed by atoms with van der Waals surface area (Å²) in [7, 11) is -4.00. The molecule has 0 bridgehead atoms. The highest BCUT2D eigenvalue weighted by Crippen LogP contribution is 2.24. The molecule has 8 heteroatoms. The van der Waals surface area contributed by atoms with Gasteiger partial charge >= 0.3 is 0 Å². The lowest BCUT2D eigenvalue weighted by Crippen LogP contribution is -2.31. The second-order valence-electron chi connectivity index (χ2n) is 6.83. The molecule has 1 saturated heterocycles. The van der Waals surface area contributed by atoms with Crippen molar-refractivity contribution in [1.29, 1.82) is 0 Å². The van der Waals surface area contributed by atoms with Crippen molar-refractivity contribution in [1.82, 2.24) is 5.32 Å². The Morgan fingerprint density at radius 2 is 1.96 bits per heavy atom. The molecule has 0 saturated carbocycles. The molecular weight excluding hydrogens is 369 g/mol. The van der Waals surface area contributed by atoms with Crippen molar-refractivity contribution in [2.45, 2.75) is 18.2 Å². The maximum Gasteiger partial charge on any atom is 0.254 e. The van der Waals surface area contributed by atoms with Gasteiger partial charge in [-0.3, -0.25) is 4.79 Å². The largest absolute Gasteiger partial charge is 0.371 e. The fourth-order valence-corrected chi connectivity index (χ4v) is 3.72. The van der Waals surface area contributed by atoms with Crippen LogP contribution in [0.15, 0.2) is 47.4 Å². The minimum absolute atomic E-state index is 0.236. The number of sulfonamides is 1. The molecule has 1 aliphatic heterocycles. The van der Waals surface area contributed by atoms with Crippen LogP contribution in [0.2, 0.25) is 0 Å². The first kappa shape index (κ1) is 19.3. The van der Waals surface area contributed by atoms with Gasteiger partial charge in [-0.15, -0.1) is 0 Å². The fraction of sp³-hybridized carbons (Fsp3) is 0.316. The van der Waals surface area contributed by atoms with E-state index in [2.05, 4.69) is 34.5 Å². The fourth-order valence-electron chi connectivity index (χ4n) is 3.18. The van der Waals surface area contributed by atoms with Gasteiger partial charge in [0.25, 0.3) is 5.91 Å². The normalized spacial score (nSPS) is 17.1. The smallest absolute Gasteiger partial charge is 0.254 e. The predicted molar refractivity (Wildman–Crippen MR) is 102 cm³/mol. The number of carbonyl (C=O) groups excluding carboxylic acids is 1. The summed E-state index contributed by atoms with van der Waals surface area (Å²) in [6.07, 6.45) is 0.911. The van der Waals surface area contributed by atoms with E-state index in [0.29, 0.717) is 6.54 Å². The molecule has 1 atom stereocenters. The molecule has 1 aliphatic rings. The zero-order chi connectivity index (χ0) is 19.6. The maximum absolute atomic E-state index is 13.9. The summed E-state index contributed by atoms with van der Waals surface area (Å²) in [4.78, 5) is 14.2. The lowest BCUT2D eigenvalue weighted by atomic mass is 10.1. The minimum Gasteiger partial charge on any atom is -0.371 e. The number of carbonyl (C=O) groups is 1. The van der Waals surface area contributed by atoms with Crippen molar-refractivity contribution in [3.05, 3.63) is 59.4 Å². The van der Waals surface area contributed by atoms with Crippen LogP contribution in [0.3, 0.4) is 0 Å². The third-order valence-electron chi connectivity index (χ3n) is 4.75. The van der Waals surface area contributed by atoms with E-state index in [1.54, 1.807) is 0 Å². The standard InChI is InChI=1S/C19H22FN3O3S/c1-13-2-4-15(5-3-13)23-9-8-14(12-23)11-22-19(24)17-10-16(27(21,25)26)6-7-18(17)20/h2-7,10,14H,8-9,11-12H2,1H3,(H,22,24)(H2,21,25,26)/t14-/m1/s1. The summed E-state index contributed by atoms with van der Waals surface area (Å²) in [5, 5.41) is 7.74. The molecule has 2 aromatic carbocycles. The van der Waals surface area contributed by atoms with E-state index in [-0.39, 0.29) is 16.4 Å². The van der Waals surface area contributed by atoms with Crippen LogP contribution in [0.1, 0.15) is 22.3 Å². The molecule has 27 heavy (non-hydrogen) atoms. The lowest BCUT2D eigenvalue weighted by molar-refractivity contribution is 0.0944. The molecule has 6 nitrogen and oxygen atoms in total. The number of primary sulfonamides is 1.